The van der Waals surface area contributed by atoms with Gasteiger partial charge in [-0.3, -0.25) is 4.79 Å². The smallest absolute Gasteiger partial charge is 0.337 e. The summed E-state index contributed by atoms with van der Waals surface area (Å²) in [6.07, 6.45) is 0.946. The summed E-state index contributed by atoms with van der Waals surface area (Å²) in [6, 6.07) is 5.15. The minimum Gasteiger partial charge on any atom is -0.465 e. The number of carbonyl (C=O) groups excluding carboxylic acids is 2. The van der Waals surface area contributed by atoms with Crippen molar-refractivity contribution in [1.82, 2.24) is 0 Å². The van der Waals surface area contributed by atoms with Gasteiger partial charge in [0.15, 0.2) is 0 Å². The molecule has 4 nitrogen and oxygen atoms in total. The monoisotopic (exact) mass is 247 g/mol. The number of rotatable bonds is 3. The zero-order valence-electron chi connectivity index (χ0n) is 10.8. The highest BCUT2D eigenvalue weighted by Crippen LogP contribution is 2.38. The lowest BCUT2D eigenvalue weighted by atomic mass is 10.1. The van der Waals surface area contributed by atoms with Crippen LogP contribution in [0.15, 0.2) is 18.2 Å². The molecule has 18 heavy (non-hydrogen) atoms. The van der Waals surface area contributed by atoms with Crippen LogP contribution in [-0.4, -0.2) is 19.0 Å². The van der Waals surface area contributed by atoms with Gasteiger partial charge in [-0.25, -0.2) is 4.79 Å². The predicted octanol–water partition coefficient (Wildman–Crippen LogP) is 2.38. The van der Waals surface area contributed by atoms with Crippen LogP contribution in [0.5, 0.6) is 0 Å². The summed E-state index contributed by atoms with van der Waals surface area (Å²) in [5.74, 6) is 0.221. The van der Waals surface area contributed by atoms with E-state index in [1.54, 1.807) is 18.2 Å². The molecule has 0 spiro atoms. The Morgan fingerprint density at radius 3 is 2.61 bits per heavy atom. The number of anilines is 1. The van der Waals surface area contributed by atoms with Crippen LogP contribution in [0.4, 0.5) is 5.69 Å². The van der Waals surface area contributed by atoms with Gasteiger partial charge >= 0.3 is 5.97 Å². The number of benzene rings is 1. The molecule has 0 heterocycles. The molecule has 1 N–H and O–H groups in total. The average Bonchev–Trinajstić information content (AvgIpc) is 3.08. The van der Waals surface area contributed by atoms with Crippen LogP contribution in [-0.2, 0) is 9.53 Å². The predicted molar refractivity (Wildman–Crippen MR) is 68.4 cm³/mol. The maximum absolute atomic E-state index is 11.9. The number of carbonyl (C=O) groups is 2. The first-order chi connectivity index (χ1) is 8.52. The molecule has 0 radical (unpaired) electrons. The Morgan fingerprint density at radius 2 is 2.06 bits per heavy atom. The standard InChI is InChI=1S/C14H17NO3/c1-8-4-5-10(14(17)18-3)7-12(8)15-13(16)11-6-9(11)2/h4-5,7,9,11H,6H2,1-3H3,(H,15,16)/t9-,11+/m1/s1. The second-order valence-corrected chi connectivity index (χ2v) is 4.83. The average molecular weight is 247 g/mol. The number of ether oxygens (including phenoxy) is 1. The Labute approximate surface area is 106 Å². The molecule has 1 saturated carbocycles. The van der Waals surface area contributed by atoms with Crippen molar-refractivity contribution < 1.29 is 14.3 Å². The van der Waals surface area contributed by atoms with Crippen molar-refractivity contribution in [3.05, 3.63) is 29.3 Å². The minimum absolute atomic E-state index is 0.0348. The van der Waals surface area contributed by atoms with Crippen molar-refractivity contribution in [3.8, 4) is 0 Å². The number of methoxy groups -OCH3 is 1. The van der Waals surface area contributed by atoms with E-state index < -0.39 is 5.97 Å². The lowest BCUT2D eigenvalue weighted by Gasteiger charge is -2.09. The van der Waals surface area contributed by atoms with E-state index in [-0.39, 0.29) is 11.8 Å². The van der Waals surface area contributed by atoms with Gasteiger partial charge in [-0.15, -0.1) is 0 Å². The molecule has 4 heteroatoms. The molecule has 0 saturated heterocycles. The summed E-state index contributed by atoms with van der Waals surface area (Å²) in [5.41, 5.74) is 2.06. The number of hydrogen-bond donors (Lipinski definition) is 1. The molecular formula is C14H17NO3. The third-order valence-electron chi connectivity index (χ3n) is 3.36. The highest BCUT2D eigenvalue weighted by atomic mass is 16.5. The molecule has 1 fully saturated rings. The van der Waals surface area contributed by atoms with Gasteiger partial charge in [-0.1, -0.05) is 13.0 Å². The van der Waals surface area contributed by atoms with Crippen LogP contribution in [0.25, 0.3) is 0 Å². The van der Waals surface area contributed by atoms with Crippen molar-refractivity contribution in [2.24, 2.45) is 11.8 Å². The normalized spacial score (nSPS) is 21.3. The molecular weight excluding hydrogens is 230 g/mol. The number of esters is 1. The van der Waals surface area contributed by atoms with E-state index >= 15 is 0 Å². The van der Waals surface area contributed by atoms with E-state index in [2.05, 4.69) is 17.0 Å². The Kier molecular flexibility index (Phi) is 3.36. The molecule has 2 rings (SSSR count). The topological polar surface area (TPSA) is 55.4 Å². The number of nitrogens with one attached hydrogen (secondary N) is 1. The van der Waals surface area contributed by atoms with Gasteiger partial charge in [-0.05, 0) is 37.0 Å². The highest BCUT2D eigenvalue weighted by Gasteiger charge is 2.39. The van der Waals surface area contributed by atoms with Gasteiger partial charge in [-0.2, -0.15) is 0 Å². The summed E-state index contributed by atoms with van der Waals surface area (Å²) in [5, 5.41) is 2.88. The Hall–Kier alpha value is -1.84. The molecule has 1 aromatic carbocycles. The first kappa shape index (κ1) is 12.6. The van der Waals surface area contributed by atoms with Gasteiger partial charge in [0.05, 0.1) is 12.7 Å². The van der Waals surface area contributed by atoms with Crippen LogP contribution in [0.3, 0.4) is 0 Å². The van der Waals surface area contributed by atoms with E-state index in [1.807, 2.05) is 6.92 Å². The van der Waals surface area contributed by atoms with Crippen molar-refractivity contribution >= 4 is 17.6 Å². The number of hydrogen-bond acceptors (Lipinski definition) is 3. The molecule has 1 aromatic rings. The molecule has 0 bridgehead atoms. The molecule has 1 aliphatic carbocycles. The van der Waals surface area contributed by atoms with Crippen LogP contribution in [0, 0.1) is 18.8 Å². The maximum atomic E-state index is 11.9. The second kappa shape index (κ2) is 4.80. The maximum Gasteiger partial charge on any atom is 0.337 e. The lowest BCUT2D eigenvalue weighted by Crippen LogP contribution is -2.16. The summed E-state index contributed by atoms with van der Waals surface area (Å²) in [6.45, 7) is 3.95. The van der Waals surface area contributed by atoms with Crippen molar-refractivity contribution in [2.75, 3.05) is 12.4 Å². The third kappa shape index (κ3) is 2.53. The Bertz CT molecular complexity index is 496. The van der Waals surface area contributed by atoms with Gasteiger partial charge in [0.2, 0.25) is 5.91 Å². The zero-order valence-corrected chi connectivity index (χ0v) is 10.8. The van der Waals surface area contributed by atoms with E-state index in [1.165, 1.54) is 7.11 Å². The zero-order chi connectivity index (χ0) is 13.3. The first-order valence-corrected chi connectivity index (χ1v) is 6.02. The summed E-state index contributed by atoms with van der Waals surface area (Å²) < 4.78 is 4.66. The van der Waals surface area contributed by atoms with E-state index in [4.69, 9.17) is 0 Å². The SMILES string of the molecule is COC(=O)c1ccc(C)c(NC(=O)[C@H]2C[C@H]2C)c1. The fourth-order valence-electron chi connectivity index (χ4n) is 1.91. The van der Waals surface area contributed by atoms with Crippen LogP contribution < -0.4 is 5.32 Å². The molecule has 0 aromatic heterocycles. The fraction of sp³-hybridized carbons (Fsp3) is 0.429. The number of aryl methyl sites for hydroxylation is 1. The van der Waals surface area contributed by atoms with Gasteiger partial charge in [0.25, 0.3) is 0 Å². The van der Waals surface area contributed by atoms with Gasteiger partial charge < -0.3 is 10.1 Å². The third-order valence-corrected chi connectivity index (χ3v) is 3.36. The van der Waals surface area contributed by atoms with E-state index in [0.29, 0.717) is 17.2 Å². The second-order valence-electron chi connectivity index (χ2n) is 4.83. The van der Waals surface area contributed by atoms with Gasteiger partial charge in [0.1, 0.15) is 0 Å². The Balaban J connectivity index is 2.16. The molecule has 1 amide bonds. The molecule has 0 aliphatic heterocycles. The lowest BCUT2D eigenvalue weighted by molar-refractivity contribution is -0.117. The minimum atomic E-state index is -0.398. The van der Waals surface area contributed by atoms with Crippen molar-refractivity contribution in [1.29, 1.82) is 0 Å². The van der Waals surface area contributed by atoms with Crippen molar-refractivity contribution in [2.45, 2.75) is 20.3 Å². The highest BCUT2D eigenvalue weighted by molar-refractivity contribution is 5.97. The largest absolute Gasteiger partial charge is 0.465 e. The number of amides is 1. The Morgan fingerprint density at radius 1 is 1.39 bits per heavy atom. The quantitative estimate of drug-likeness (QED) is 0.834. The van der Waals surface area contributed by atoms with Gasteiger partial charge in [0, 0.05) is 11.6 Å². The van der Waals surface area contributed by atoms with Crippen LogP contribution in [0.1, 0.15) is 29.3 Å². The first-order valence-electron chi connectivity index (χ1n) is 6.02. The van der Waals surface area contributed by atoms with Crippen LogP contribution >= 0.6 is 0 Å². The molecule has 96 valence electrons. The van der Waals surface area contributed by atoms with E-state index in [0.717, 1.165) is 12.0 Å². The summed E-state index contributed by atoms with van der Waals surface area (Å²) in [7, 11) is 1.34. The fourth-order valence-corrected chi connectivity index (χ4v) is 1.91. The molecule has 2 atom stereocenters. The summed E-state index contributed by atoms with van der Waals surface area (Å²) in [4.78, 5) is 23.3. The summed E-state index contributed by atoms with van der Waals surface area (Å²) >= 11 is 0. The molecule has 0 unspecified atom stereocenters. The van der Waals surface area contributed by atoms with Crippen molar-refractivity contribution in [3.63, 3.8) is 0 Å². The van der Waals surface area contributed by atoms with Crippen LogP contribution in [0.2, 0.25) is 0 Å². The van der Waals surface area contributed by atoms with E-state index in [9.17, 15) is 9.59 Å². The molecule has 1 aliphatic rings.